The summed E-state index contributed by atoms with van der Waals surface area (Å²) in [4.78, 5) is 38.8. The van der Waals surface area contributed by atoms with E-state index in [0.717, 1.165) is 4.90 Å². The van der Waals surface area contributed by atoms with Gasteiger partial charge in [-0.15, -0.1) is 0 Å². The molecule has 106 valence electrons. The lowest BCUT2D eigenvalue weighted by Crippen LogP contribution is -2.47. The highest BCUT2D eigenvalue weighted by atomic mass is 35.5. The van der Waals surface area contributed by atoms with E-state index in [9.17, 15) is 14.4 Å². The van der Waals surface area contributed by atoms with Crippen LogP contribution in [0.15, 0.2) is 24.3 Å². The lowest BCUT2D eigenvalue weighted by atomic mass is 10.1. The van der Waals surface area contributed by atoms with Gasteiger partial charge >= 0.3 is 0 Å². The molecule has 0 N–H and O–H groups in total. The molecule has 0 saturated carbocycles. The van der Waals surface area contributed by atoms with E-state index in [4.69, 9.17) is 11.6 Å². The summed E-state index contributed by atoms with van der Waals surface area (Å²) >= 11 is 5.77. The van der Waals surface area contributed by atoms with Gasteiger partial charge in [-0.1, -0.05) is 11.6 Å². The minimum absolute atomic E-state index is 0.212. The summed E-state index contributed by atoms with van der Waals surface area (Å²) in [5, 5.41) is 0.509. The molecule has 2 rings (SSSR count). The first-order chi connectivity index (χ1) is 9.41. The smallest absolute Gasteiger partial charge is 0.261 e. The Morgan fingerprint density at radius 2 is 1.85 bits per heavy atom. The molecule has 1 aromatic carbocycles. The maximum Gasteiger partial charge on any atom is 0.261 e. The first-order valence-corrected chi connectivity index (χ1v) is 6.62. The number of benzene rings is 1. The van der Waals surface area contributed by atoms with Crippen LogP contribution >= 0.6 is 11.6 Å². The highest BCUT2D eigenvalue weighted by molar-refractivity contribution is 6.30. The molecule has 0 aromatic heterocycles. The van der Waals surface area contributed by atoms with Gasteiger partial charge in [-0.3, -0.25) is 19.3 Å². The van der Waals surface area contributed by atoms with Gasteiger partial charge in [0.25, 0.3) is 5.91 Å². The Labute approximate surface area is 122 Å². The normalized spacial score (nSPS) is 18.2. The van der Waals surface area contributed by atoms with E-state index < -0.39 is 11.9 Å². The third-order valence-corrected chi connectivity index (χ3v) is 3.50. The van der Waals surface area contributed by atoms with Crippen LogP contribution in [0, 0.1) is 0 Å². The Hall–Kier alpha value is -1.88. The van der Waals surface area contributed by atoms with Crippen molar-refractivity contribution in [1.82, 2.24) is 9.80 Å². The fraction of sp³-hybridized carbons (Fsp3) is 0.357. The number of halogens is 1. The monoisotopic (exact) mass is 294 g/mol. The zero-order valence-electron chi connectivity index (χ0n) is 11.3. The summed E-state index contributed by atoms with van der Waals surface area (Å²) in [6.07, 6.45) is 0.582. The maximum atomic E-state index is 12.4. The van der Waals surface area contributed by atoms with Crippen molar-refractivity contribution >= 4 is 29.3 Å². The molecule has 1 fully saturated rings. The molecular weight excluding hydrogens is 280 g/mol. The van der Waals surface area contributed by atoms with Gasteiger partial charge in [0.2, 0.25) is 11.8 Å². The van der Waals surface area contributed by atoms with Gasteiger partial charge in [-0.2, -0.15) is 0 Å². The van der Waals surface area contributed by atoms with Crippen LogP contribution in [0.4, 0.5) is 0 Å². The maximum absolute atomic E-state index is 12.4. The fourth-order valence-corrected chi connectivity index (χ4v) is 2.33. The van der Waals surface area contributed by atoms with Crippen LogP contribution in [-0.4, -0.2) is 47.7 Å². The summed E-state index contributed by atoms with van der Waals surface area (Å²) in [6, 6.07) is 5.55. The molecule has 0 spiro atoms. The number of hydrogen-bond donors (Lipinski definition) is 0. The van der Waals surface area contributed by atoms with Gasteiger partial charge in [0.15, 0.2) is 0 Å². The SMILES string of the molecule is CN(C)C(=O)[C@H]1CCC(=O)N1C(=O)c1ccc(Cl)cc1. The third kappa shape index (κ3) is 2.67. The largest absolute Gasteiger partial charge is 0.347 e. The topological polar surface area (TPSA) is 57.7 Å². The molecule has 1 aliphatic rings. The molecule has 6 heteroatoms. The zero-order valence-corrected chi connectivity index (χ0v) is 12.1. The molecule has 1 aliphatic heterocycles. The quantitative estimate of drug-likeness (QED) is 0.778. The first-order valence-electron chi connectivity index (χ1n) is 6.25. The Kier molecular flexibility index (Phi) is 4.09. The standard InChI is InChI=1S/C14H15ClN2O3/c1-16(2)14(20)11-7-8-12(18)17(11)13(19)9-3-5-10(15)6-4-9/h3-6,11H,7-8H2,1-2H3/t11-/m1/s1. The first kappa shape index (κ1) is 14.5. The van der Waals surface area contributed by atoms with Crippen molar-refractivity contribution in [3.63, 3.8) is 0 Å². The molecule has 0 radical (unpaired) electrons. The van der Waals surface area contributed by atoms with Gasteiger partial charge < -0.3 is 4.90 Å². The van der Waals surface area contributed by atoms with E-state index in [0.29, 0.717) is 17.0 Å². The summed E-state index contributed by atoms with van der Waals surface area (Å²) in [5.74, 6) is -1.01. The van der Waals surface area contributed by atoms with Crippen molar-refractivity contribution in [1.29, 1.82) is 0 Å². The van der Waals surface area contributed by atoms with Gasteiger partial charge in [0, 0.05) is 31.1 Å². The number of carbonyl (C=O) groups is 3. The summed E-state index contributed by atoms with van der Waals surface area (Å²) in [6.45, 7) is 0. The van der Waals surface area contributed by atoms with Crippen LogP contribution in [-0.2, 0) is 9.59 Å². The second-order valence-corrected chi connectivity index (χ2v) is 5.30. The Morgan fingerprint density at radius 1 is 1.25 bits per heavy atom. The second-order valence-electron chi connectivity index (χ2n) is 4.86. The molecule has 1 aromatic rings. The Balaban J connectivity index is 2.28. The van der Waals surface area contributed by atoms with E-state index in [1.807, 2.05) is 0 Å². The minimum Gasteiger partial charge on any atom is -0.347 e. The van der Waals surface area contributed by atoms with E-state index >= 15 is 0 Å². The number of rotatable bonds is 2. The van der Waals surface area contributed by atoms with Crippen molar-refractivity contribution in [3.8, 4) is 0 Å². The molecule has 1 saturated heterocycles. The van der Waals surface area contributed by atoms with Gasteiger partial charge in [-0.05, 0) is 30.7 Å². The van der Waals surface area contributed by atoms with Crippen molar-refractivity contribution in [3.05, 3.63) is 34.9 Å². The number of carbonyl (C=O) groups excluding carboxylic acids is 3. The number of likely N-dealkylation sites (tertiary alicyclic amines) is 1. The predicted molar refractivity (Wildman–Crippen MR) is 74.3 cm³/mol. The summed E-state index contributed by atoms with van der Waals surface area (Å²) in [7, 11) is 3.21. The summed E-state index contributed by atoms with van der Waals surface area (Å²) < 4.78 is 0. The number of nitrogens with zero attached hydrogens (tertiary/aromatic N) is 2. The van der Waals surface area contributed by atoms with Crippen LogP contribution in [0.2, 0.25) is 5.02 Å². The minimum atomic E-state index is -0.708. The molecule has 0 aliphatic carbocycles. The Bertz CT molecular complexity index is 554. The third-order valence-electron chi connectivity index (χ3n) is 3.25. The highest BCUT2D eigenvalue weighted by Crippen LogP contribution is 2.23. The molecular formula is C14H15ClN2O3. The lowest BCUT2D eigenvalue weighted by molar-refractivity contribution is -0.137. The number of imide groups is 1. The van der Waals surface area contributed by atoms with Crippen molar-refractivity contribution in [2.45, 2.75) is 18.9 Å². The number of hydrogen-bond acceptors (Lipinski definition) is 3. The molecule has 20 heavy (non-hydrogen) atoms. The predicted octanol–water partition coefficient (Wildman–Crippen LogP) is 1.56. The van der Waals surface area contributed by atoms with Crippen molar-refractivity contribution < 1.29 is 14.4 Å². The average molecular weight is 295 g/mol. The molecule has 3 amide bonds. The zero-order chi connectivity index (χ0) is 14.9. The van der Waals surface area contributed by atoms with E-state index in [1.165, 1.54) is 4.90 Å². The van der Waals surface area contributed by atoms with Crippen molar-refractivity contribution in [2.24, 2.45) is 0 Å². The molecule has 0 bridgehead atoms. The average Bonchev–Trinajstić information content (AvgIpc) is 2.79. The van der Waals surface area contributed by atoms with E-state index in [2.05, 4.69) is 0 Å². The van der Waals surface area contributed by atoms with E-state index in [-0.39, 0.29) is 18.2 Å². The van der Waals surface area contributed by atoms with Gasteiger partial charge in [0.1, 0.15) is 6.04 Å². The second kappa shape index (κ2) is 5.63. The van der Waals surface area contributed by atoms with Crippen LogP contribution in [0.25, 0.3) is 0 Å². The highest BCUT2D eigenvalue weighted by Gasteiger charge is 2.41. The van der Waals surface area contributed by atoms with Crippen LogP contribution < -0.4 is 0 Å². The molecule has 1 atom stereocenters. The van der Waals surface area contributed by atoms with Crippen LogP contribution in [0.1, 0.15) is 23.2 Å². The fourth-order valence-electron chi connectivity index (χ4n) is 2.20. The van der Waals surface area contributed by atoms with E-state index in [1.54, 1.807) is 38.4 Å². The molecule has 0 unspecified atom stereocenters. The van der Waals surface area contributed by atoms with Crippen molar-refractivity contribution in [2.75, 3.05) is 14.1 Å². The molecule has 5 nitrogen and oxygen atoms in total. The summed E-state index contributed by atoms with van der Waals surface area (Å²) in [5.41, 5.74) is 0.348. The van der Waals surface area contributed by atoms with Gasteiger partial charge in [-0.25, -0.2) is 0 Å². The lowest BCUT2D eigenvalue weighted by Gasteiger charge is -2.24. The Morgan fingerprint density at radius 3 is 2.40 bits per heavy atom. The number of amides is 3. The van der Waals surface area contributed by atoms with Crippen LogP contribution in [0.5, 0.6) is 0 Å². The van der Waals surface area contributed by atoms with Gasteiger partial charge in [0.05, 0.1) is 0 Å². The molecule has 1 heterocycles. The number of likely N-dealkylation sites (N-methyl/N-ethyl adjacent to an activating group) is 1. The van der Waals surface area contributed by atoms with Crippen LogP contribution in [0.3, 0.4) is 0 Å².